The molecule has 0 spiro atoms. The molecule has 0 saturated carbocycles. The summed E-state index contributed by atoms with van der Waals surface area (Å²) >= 11 is 0. The number of carbonyl (C=O) groups is 7. The topological polar surface area (TPSA) is 276 Å². The number of rotatable bonds is 20. The lowest BCUT2D eigenvalue weighted by molar-refractivity contribution is -0.145. The number of nitrogens with two attached hydrogens (primary N) is 1. The third-order valence-corrected chi connectivity index (χ3v) is 7.24. The van der Waals surface area contributed by atoms with Crippen molar-refractivity contribution in [2.75, 3.05) is 38.7 Å². The summed E-state index contributed by atoms with van der Waals surface area (Å²) in [4.78, 5) is 84.5. The Morgan fingerprint density at radius 3 is 1.57 bits per heavy atom. The van der Waals surface area contributed by atoms with E-state index in [0.717, 1.165) is 6.07 Å². The van der Waals surface area contributed by atoms with Gasteiger partial charge in [-0.3, -0.25) is 19.2 Å². The summed E-state index contributed by atoms with van der Waals surface area (Å²) in [5.74, 6) is -7.62. The van der Waals surface area contributed by atoms with Crippen LogP contribution in [0.15, 0.2) is 91.0 Å². The fourth-order valence-corrected chi connectivity index (χ4v) is 4.63. The van der Waals surface area contributed by atoms with Crippen LogP contribution in [0.5, 0.6) is 23.0 Å². The maximum Gasteiger partial charge on any atom is 0.343 e. The second kappa shape index (κ2) is 20.1. The molecule has 2 amide bonds. The summed E-state index contributed by atoms with van der Waals surface area (Å²) < 4.78 is 27.8. The Labute approximate surface area is 317 Å². The summed E-state index contributed by atoms with van der Waals surface area (Å²) in [7, 11) is 0. The van der Waals surface area contributed by atoms with Crippen LogP contribution < -0.4 is 35.3 Å². The van der Waals surface area contributed by atoms with Crippen LogP contribution in [0, 0.1) is 0 Å². The van der Waals surface area contributed by atoms with E-state index in [2.05, 4.69) is 10.6 Å². The lowest BCUT2D eigenvalue weighted by atomic mass is 10.1. The van der Waals surface area contributed by atoms with Gasteiger partial charge in [0, 0.05) is 28.9 Å². The van der Waals surface area contributed by atoms with Crippen molar-refractivity contribution in [2.24, 2.45) is 0 Å². The highest BCUT2D eigenvalue weighted by Gasteiger charge is 2.25. The molecule has 0 aliphatic carbocycles. The zero-order valence-electron chi connectivity index (χ0n) is 29.3. The first kappa shape index (κ1) is 41.3. The number of amides is 2. The predicted octanol–water partition coefficient (Wildman–Crippen LogP) is 2.65. The number of hydrogen-bond acceptors (Lipinski definition) is 13. The number of ether oxygens (including phenoxy) is 5. The van der Waals surface area contributed by atoms with Gasteiger partial charge in [0.25, 0.3) is 11.8 Å². The Morgan fingerprint density at radius 1 is 0.571 bits per heavy atom. The van der Waals surface area contributed by atoms with E-state index < -0.39 is 60.7 Å². The van der Waals surface area contributed by atoms with Gasteiger partial charge in [0.1, 0.15) is 48.8 Å². The minimum Gasteiger partial charge on any atom is -0.491 e. The zero-order chi connectivity index (χ0) is 40.6. The first-order valence-corrected chi connectivity index (χ1v) is 16.5. The molecule has 18 heteroatoms. The molecule has 56 heavy (non-hydrogen) atoms. The van der Waals surface area contributed by atoms with E-state index in [1.54, 1.807) is 18.2 Å². The summed E-state index contributed by atoms with van der Waals surface area (Å²) in [6, 6.07) is 19.7. The highest BCUT2D eigenvalue weighted by molar-refractivity contribution is 5.99. The molecule has 0 radical (unpaired) electrons. The lowest BCUT2D eigenvalue weighted by Crippen LogP contribution is -2.42. The third-order valence-electron chi connectivity index (χ3n) is 7.24. The van der Waals surface area contributed by atoms with Crippen molar-refractivity contribution in [3.05, 3.63) is 113 Å². The first-order valence-electron chi connectivity index (χ1n) is 16.5. The minimum atomic E-state index is -1.76. The van der Waals surface area contributed by atoms with Crippen molar-refractivity contribution in [1.29, 1.82) is 0 Å². The van der Waals surface area contributed by atoms with E-state index in [-0.39, 0.29) is 71.7 Å². The van der Waals surface area contributed by atoms with Crippen molar-refractivity contribution in [3.8, 4) is 23.0 Å². The second-order valence-electron chi connectivity index (χ2n) is 11.5. The van der Waals surface area contributed by atoms with Gasteiger partial charge in [-0.05, 0) is 60.7 Å². The fourth-order valence-electron chi connectivity index (χ4n) is 4.63. The zero-order valence-corrected chi connectivity index (χ0v) is 29.3. The molecule has 0 fully saturated rings. The Hall–Kier alpha value is -7.47. The largest absolute Gasteiger partial charge is 0.491 e. The molecule has 1 atom stereocenters. The van der Waals surface area contributed by atoms with Crippen LogP contribution in [0.2, 0.25) is 0 Å². The Kier molecular flexibility index (Phi) is 14.8. The van der Waals surface area contributed by atoms with Gasteiger partial charge in [0.2, 0.25) is 0 Å². The monoisotopic (exact) mass is 773 g/mol. The Morgan fingerprint density at radius 2 is 1.07 bits per heavy atom. The quantitative estimate of drug-likeness (QED) is 0.0326. The standard InChI is InChI=1S/C38H35N3O15/c39-26-8-6-23(7-9-26)38(51)56-30-17-25(35(47)41-31(36(48)49)20-32(42)43)15-28(19-30)54-13-11-52-10-12-53-27-14-24(34(46)40-21-33(44)45)16-29(18-27)55-37(50)22-4-2-1-3-5-22/h1-9,14-19,31H,10-13,20-21,39H2,(H,40,46)(H,41,47)(H,42,43)(H,44,45)(H,48,49)/t31-/m0/s1. The van der Waals surface area contributed by atoms with E-state index in [1.807, 2.05) is 0 Å². The van der Waals surface area contributed by atoms with Gasteiger partial charge in [-0.1, -0.05) is 18.2 Å². The van der Waals surface area contributed by atoms with Crippen molar-refractivity contribution in [3.63, 3.8) is 0 Å². The van der Waals surface area contributed by atoms with E-state index >= 15 is 0 Å². The summed E-state index contributed by atoms with van der Waals surface area (Å²) in [5, 5.41) is 31.7. The van der Waals surface area contributed by atoms with Crippen LogP contribution >= 0.6 is 0 Å². The molecule has 292 valence electrons. The molecule has 0 bridgehead atoms. The molecule has 0 unspecified atom stereocenters. The van der Waals surface area contributed by atoms with Crippen LogP contribution in [0.4, 0.5) is 5.69 Å². The molecule has 0 aromatic heterocycles. The third kappa shape index (κ3) is 13.2. The molecule has 4 rings (SSSR count). The van der Waals surface area contributed by atoms with Crippen LogP contribution in [-0.2, 0) is 19.1 Å². The molecular weight excluding hydrogens is 738 g/mol. The smallest absolute Gasteiger partial charge is 0.343 e. The van der Waals surface area contributed by atoms with Crippen LogP contribution in [0.3, 0.4) is 0 Å². The fraction of sp³-hybridized carbons (Fsp3) is 0.184. The number of aliphatic carboxylic acids is 3. The van der Waals surface area contributed by atoms with Crippen molar-refractivity contribution in [2.45, 2.75) is 12.5 Å². The average molecular weight is 774 g/mol. The summed E-state index contributed by atoms with van der Waals surface area (Å²) in [5.41, 5.74) is 6.22. The number of carbonyl (C=O) groups excluding carboxylic acids is 4. The molecule has 0 aliphatic rings. The van der Waals surface area contributed by atoms with E-state index in [0.29, 0.717) is 5.69 Å². The number of esters is 2. The predicted molar refractivity (Wildman–Crippen MR) is 193 cm³/mol. The first-order chi connectivity index (χ1) is 26.8. The molecule has 4 aromatic rings. The molecule has 7 N–H and O–H groups in total. The van der Waals surface area contributed by atoms with Gasteiger partial charge >= 0.3 is 29.8 Å². The highest BCUT2D eigenvalue weighted by Crippen LogP contribution is 2.26. The normalized spacial score (nSPS) is 11.0. The maximum atomic E-state index is 13.0. The number of benzene rings is 4. The van der Waals surface area contributed by atoms with E-state index in [4.69, 9.17) is 39.6 Å². The Balaban J connectivity index is 1.38. The molecule has 18 nitrogen and oxygen atoms in total. The lowest BCUT2D eigenvalue weighted by Gasteiger charge is -2.15. The van der Waals surface area contributed by atoms with Gasteiger partial charge < -0.3 is 55.4 Å². The number of anilines is 1. The second-order valence-corrected chi connectivity index (χ2v) is 11.5. The van der Waals surface area contributed by atoms with Gasteiger partial charge in [-0.2, -0.15) is 0 Å². The van der Waals surface area contributed by atoms with Gasteiger partial charge in [-0.15, -0.1) is 0 Å². The van der Waals surface area contributed by atoms with Crippen molar-refractivity contribution >= 4 is 47.3 Å². The molecule has 0 heterocycles. The van der Waals surface area contributed by atoms with Crippen LogP contribution in [0.1, 0.15) is 47.9 Å². The number of carboxylic acid groups (broad SMARTS) is 3. The van der Waals surface area contributed by atoms with Crippen LogP contribution in [0.25, 0.3) is 0 Å². The van der Waals surface area contributed by atoms with Gasteiger partial charge in [0.15, 0.2) is 0 Å². The van der Waals surface area contributed by atoms with Gasteiger partial charge in [-0.25, -0.2) is 14.4 Å². The molecule has 0 aliphatic heterocycles. The molecule has 0 saturated heterocycles. The van der Waals surface area contributed by atoms with Gasteiger partial charge in [0.05, 0.1) is 30.8 Å². The number of carboxylic acids is 3. The van der Waals surface area contributed by atoms with E-state index in [9.17, 15) is 38.7 Å². The highest BCUT2D eigenvalue weighted by atomic mass is 16.6. The van der Waals surface area contributed by atoms with Crippen LogP contribution in [-0.4, -0.2) is 96.0 Å². The van der Waals surface area contributed by atoms with Crippen molar-refractivity contribution < 1.29 is 72.6 Å². The SMILES string of the molecule is Nc1ccc(C(=O)Oc2cc(OCCOCCOc3cc(OC(=O)c4ccccc4)cc(C(=O)NCC(=O)O)c3)cc(C(=O)N[C@@H](CC(=O)O)C(=O)O)c2)cc1. The number of nitrogen functional groups attached to an aromatic ring is 1. The number of nitrogens with one attached hydrogen (secondary N) is 2. The summed E-state index contributed by atoms with van der Waals surface area (Å²) in [6.07, 6.45) is -0.895. The minimum absolute atomic E-state index is 0.00894. The Bertz CT molecular complexity index is 2070. The molecular formula is C38H35N3O15. The average Bonchev–Trinajstić information content (AvgIpc) is 3.16. The molecule has 4 aromatic carbocycles. The maximum absolute atomic E-state index is 13.0. The van der Waals surface area contributed by atoms with E-state index in [1.165, 1.54) is 66.7 Å². The van der Waals surface area contributed by atoms with Crippen molar-refractivity contribution in [1.82, 2.24) is 10.6 Å². The number of hydrogen-bond donors (Lipinski definition) is 6. The summed E-state index contributed by atoms with van der Waals surface area (Å²) in [6.45, 7) is -0.854.